The fraction of sp³-hybridized carbons (Fsp3) is 0.667. The van der Waals surface area contributed by atoms with E-state index in [1.807, 2.05) is 19.9 Å². The summed E-state index contributed by atoms with van der Waals surface area (Å²) in [4.78, 5) is 4.43. The van der Waals surface area contributed by atoms with E-state index in [-0.39, 0.29) is 5.60 Å². The van der Waals surface area contributed by atoms with Crippen molar-refractivity contribution in [1.29, 1.82) is 0 Å². The van der Waals surface area contributed by atoms with Gasteiger partial charge in [0.2, 0.25) is 5.88 Å². The van der Waals surface area contributed by atoms with Crippen LogP contribution in [0.5, 0.6) is 5.88 Å². The summed E-state index contributed by atoms with van der Waals surface area (Å²) >= 11 is 6.13. The minimum absolute atomic E-state index is 0.183. The molecule has 114 valence electrons. The van der Waals surface area contributed by atoms with E-state index in [9.17, 15) is 0 Å². The lowest BCUT2D eigenvalue weighted by Crippen LogP contribution is -2.25. The van der Waals surface area contributed by atoms with Gasteiger partial charge in [-0.15, -0.1) is 0 Å². The fourth-order valence-corrected chi connectivity index (χ4v) is 1.73. The predicted molar refractivity (Wildman–Crippen MR) is 82.4 cm³/mol. The van der Waals surface area contributed by atoms with Gasteiger partial charge in [0, 0.05) is 26.1 Å². The number of hydrogen-bond acceptors (Lipinski definition) is 4. The van der Waals surface area contributed by atoms with E-state index in [1.165, 1.54) is 0 Å². The number of nitrogens with zero attached hydrogens (tertiary/aromatic N) is 1. The molecular formula is C15H25ClN2O2. The Bertz CT molecular complexity index is 411. The third kappa shape index (κ3) is 6.07. The first kappa shape index (κ1) is 17.2. The Kier molecular flexibility index (Phi) is 7.27. The molecule has 0 aliphatic rings. The maximum absolute atomic E-state index is 6.13. The Morgan fingerprint density at radius 1 is 1.35 bits per heavy atom. The Morgan fingerprint density at radius 2 is 2.10 bits per heavy atom. The van der Waals surface area contributed by atoms with Crippen molar-refractivity contribution in [3.8, 4) is 5.88 Å². The van der Waals surface area contributed by atoms with Gasteiger partial charge in [-0.2, -0.15) is 0 Å². The molecule has 4 nitrogen and oxygen atoms in total. The second-order valence-corrected chi connectivity index (χ2v) is 5.72. The number of methoxy groups -OCH3 is 1. The lowest BCUT2D eigenvalue weighted by Gasteiger charge is -2.22. The topological polar surface area (TPSA) is 43.4 Å². The minimum atomic E-state index is -0.183. The van der Waals surface area contributed by atoms with E-state index < -0.39 is 0 Å². The molecule has 0 aromatic carbocycles. The van der Waals surface area contributed by atoms with E-state index in [1.54, 1.807) is 13.2 Å². The summed E-state index contributed by atoms with van der Waals surface area (Å²) in [6.07, 6.45) is 1.89. The normalized spacial score (nSPS) is 11.7. The van der Waals surface area contributed by atoms with E-state index in [2.05, 4.69) is 17.2 Å². The van der Waals surface area contributed by atoms with Crippen molar-refractivity contribution in [2.45, 2.75) is 45.8 Å². The number of nitrogens with one attached hydrogen (secondary N) is 1. The number of hydrogen-bond donors (Lipinski definition) is 1. The number of ether oxygens (including phenoxy) is 2. The smallest absolute Gasteiger partial charge is 0.213 e. The van der Waals surface area contributed by atoms with E-state index >= 15 is 0 Å². The monoisotopic (exact) mass is 300 g/mol. The standard InChI is InChI=1S/C15H25ClN2O2/c1-5-9-17-11-13-12(16)6-7-14(18-13)20-10-8-15(2,3)19-4/h6-7,17H,5,8-11H2,1-4H3. The maximum atomic E-state index is 6.13. The summed E-state index contributed by atoms with van der Waals surface area (Å²) in [5.74, 6) is 0.606. The highest BCUT2D eigenvalue weighted by Gasteiger charge is 2.16. The third-order valence-corrected chi connectivity index (χ3v) is 3.46. The summed E-state index contributed by atoms with van der Waals surface area (Å²) in [7, 11) is 1.71. The van der Waals surface area contributed by atoms with Crippen LogP contribution in [0.4, 0.5) is 0 Å². The fourth-order valence-electron chi connectivity index (χ4n) is 1.56. The lowest BCUT2D eigenvalue weighted by molar-refractivity contribution is 0.00507. The summed E-state index contributed by atoms with van der Waals surface area (Å²) in [5, 5.41) is 3.95. The lowest BCUT2D eigenvalue weighted by atomic mass is 10.1. The first-order chi connectivity index (χ1) is 9.48. The van der Waals surface area contributed by atoms with Crippen LogP contribution >= 0.6 is 11.6 Å². The highest BCUT2D eigenvalue weighted by atomic mass is 35.5. The molecule has 1 N–H and O–H groups in total. The van der Waals surface area contributed by atoms with Crippen LogP contribution in [0.3, 0.4) is 0 Å². The molecular weight excluding hydrogens is 276 g/mol. The van der Waals surface area contributed by atoms with Crippen LogP contribution in [0.25, 0.3) is 0 Å². The van der Waals surface area contributed by atoms with Crippen LogP contribution in [0.2, 0.25) is 5.02 Å². The molecule has 1 aromatic heterocycles. The molecule has 0 radical (unpaired) electrons. The van der Waals surface area contributed by atoms with E-state index in [0.717, 1.165) is 25.1 Å². The first-order valence-corrected chi connectivity index (χ1v) is 7.40. The Hall–Kier alpha value is -0.840. The molecule has 0 atom stereocenters. The van der Waals surface area contributed by atoms with Crippen LogP contribution in [0.15, 0.2) is 12.1 Å². The average molecular weight is 301 g/mol. The van der Waals surface area contributed by atoms with Gasteiger partial charge in [0.1, 0.15) is 0 Å². The van der Waals surface area contributed by atoms with Crippen molar-refractivity contribution in [2.75, 3.05) is 20.3 Å². The Labute approximate surface area is 126 Å². The maximum Gasteiger partial charge on any atom is 0.213 e. The van der Waals surface area contributed by atoms with Gasteiger partial charge in [0.15, 0.2) is 0 Å². The quantitative estimate of drug-likeness (QED) is 0.710. The summed E-state index contributed by atoms with van der Waals surface area (Å²) in [6.45, 7) is 8.37. The molecule has 0 fully saturated rings. The second kappa shape index (κ2) is 8.45. The molecule has 5 heteroatoms. The van der Waals surface area contributed by atoms with Crippen molar-refractivity contribution in [3.63, 3.8) is 0 Å². The molecule has 0 unspecified atom stereocenters. The van der Waals surface area contributed by atoms with Crippen molar-refractivity contribution in [3.05, 3.63) is 22.8 Å². The van der Waals surface area contributed by atoms with Gasteiger partial charge in [-0.1, -0.05) is 18.5 Å². The molecule has 1 aromatic rings. The highest BCUT2D eigenvalue weighted by Crippen LogP contribution is 2.19. The number of aromatic nitrogens is 1. The van der Waals surface area contributed by atoms with E-state index in [0.29, 0.717) is 24.1 Å². The molecule has 20 heavy (non-hydrogen) atoms. The van der Waals surface area contributed by atoms with Crippen molar-refractivity contribution < 1.29 is 9.47 Å². The van der Waals surface area contributed by atoms with Gasteiger partial charge in [0.25, 0.3) is 0 Å². The minimum Gasteiger partial charge on any atom is -0.478 e. The first-order valence-electron chi connectivity index (χ1n) is 7.02. The molecule has 0 bridgehead atoms. The summed E-state index contributed by atoms with van der Waals surface area (Å²) in [6, 6.07) is 3.62. The highest BCUT2D eigenvalue weighted by molar-refractivity contribution is 6.31. The van der Waals surface area contributed by atoms with Crippen LogP contribution in [0, 0.1) is 0 Å². The molecule has 0 aliphatic carbocycles. The summed E-state index contributed by atoms with van der Waals surface area (Å²) < 4.78 is 11.0. The molecule has 0 aliphatic heterocycles. The Morgan fingerprint density at radius 3 is 2.75 bits per heavy atom. The molecule has 1 heterocycles. The zero-order chi connectivity index (χ0) is 15.0. The van der Waals surface area contributed by atoms with Crippen LogP contribution in [0.1, 0.15) is 39.3 Å². The van der Waals surface area contributed by atoms with Crippen LogP contribution in [-0.4, -0.2) is 30.8 Å². The van der Waals surface area contributed by atoms with Gasteiger partial charge < -0.3 is 14.8 Å². The number of pyridine rings is 1. The van der Waals surface area contributed by atoms with Crippen molar-refractivity contribution >= 4 is 11.6 Å². The largest absolute Gasteiger partial charge is 0.478 e. The molecule has 0 amide bonds. The third-order valence-electron chi connectivity index (χ3n) is 3.12. The second-order valence-electron chi connectivity index (χ2n) is 5.32. The van der Waals surface area contributed by atoms with Crippen LogP contribution < -0.4 is 10.1 Å². The predicted octanol–water partition coefficient (Wildman–Crippen LogP) is 3.43. The van der Waals surface area contributed by atoms with Crippen molar-refractivity contribution in [1.82, 2.24) is 10.3 Å². The van der Waals surface area contributed by atoms with Gasteiger partial charge in [-0.25, -0.2) is 4.98 Å². The number of rotatable bonds is 9. The SMILES string of the molecule is CCCNCc1nc(OCCC(C)(C)OC)ccc1Cl. The van der Waals surface area contributed by atoms with Crippen molar-refractivity contribution in [2.24, 2.45) is 0 Å². The molecule has 0 saturated heterocycles. The average Bonchev–Trinajstić information content (AvgIpc) is 2.42. The van der Waals surface area contributed by atoms with Gasteiger partial charge in [-0.05, 0) is 32.9 Å². The summed E-state index contributed by atoms with van der Waals surface area (Å²) in [5.41, 5.74) is 0.640. The van der Waals surface area contributed by atoms with Gasteiger partial charge in [-0.3, -0.25) is 0 Å². The van der Waals surface area contributed by atoms with Gasteiger partial charge >= 0.3 is 0 Å². The van der Waals surface area contributed by atoms with E-state index in [4.69, 9.17) is 21.1 Å². The Balaban J connectivity index is 2.52. The number of halogens is 1. The zero-order valence-corrected chi connectivity index (χ0v) is 13.6. The molecule has 1 rings (SSSR count). The van der Waals surface area contributed by atoms with Crippen LogP contribution in [-0.2, 0) is 11.3 Å². The molecule has 0 saturated carbocycles. The van der Waals surface area contributed by atoms with Gasteiger partial charge in [0.05, 0.1) is 22.9 Å². The molecule has 0 spiro atoms. The zero-order valence-electron chi connectivity index (χ0n) is 12.8.